The highest BCUT2D eigenvalue weighted by Gasteiger charge is 2.35. The number of ether oxygens (including phenoxy) is 1. The molecule has 0 bridgehead atoms. The van der Waals surface area contributed by atoms with Gasteiger partial charge in [0.2, 0.25) is 5.95 Å². The van der Waals surface area contributed by atoms with Gasteiger partial charge in [0, 0.05) is 17.6 Å². The van der Waals surface area contributed by atoms with Crippen LogP contribution < -0.4 is 15.4 Å². The Morgan fingerprint density at radius 3 is 2.41 bits per heavy atom. The first kappa shape index (κ1) is 21.9. The number of hydrogen-bond donors (Lipinski definition) is 2. The molecule has 0 atom stereocenters. The summed E-state index contributed by atoms with van der Waals surface area (Å²) in [5.41, 5.74) is 1.41. The molecule has 0 spiro atoms. The highest BCUT2D eigenvalue weighted by molar-refractivity contribution is 5.66. The van der Waals surface area contributed by atoms with E-state index in [9.17, 15) is 13.2 Å². The van der Waals surface area contributed by atoms with E-state index < -0.39 is 11.7 Å². The van der Waals surface area contributed by atoms with Crippen molar-refractivity contribution >= 4 is 23.1 Å². The van der Waals surface area contributed by atoms with E-state index >= 15 is 0 Å². The van der Waals surface area contributed by atoms with Crippen molar-refractivity contribution in [3.8, 4) is 5.75 Å². The zero-order valence-corrected chi connectivity index (χ0v) is 17.7. The van der Waals surface area contributed by atoms with E-state index in [4.69, 9.17) is 4.74 Å². The third-order valence-corrected chi connectivity index (χ3v) is 5.52. The smallest absolute Gasteiger partial charge is 0.421 e. The molecule has 5 nitrogen and oxygen atoms in total. The van der Waals surface area contributed by atoms with Crippen molar-refractivity contribution in [2.75, 3.05) is 17.2 Å². The molecule has 168 valence electrons. The summed E-state index contributed by atoms with van der Waals surface area (Å²) in [6.45, 7) is 2.44. The maximum atomic E-state index is 13.7. The predicted octanol–water partition coefficient (Wildman–Crippen LogP) is 7.04. The third kappa shape index (κ3) is 5.12. The lowest BCUT2D eigenvalue weighted by Crippen LogP contribution is -2.13. The summed E-state index contributed by atoms with van der Waals surface area (Å²) in [4.78, 5) is 8.06. The topological polar surface area (TPSA) is 59.1 Å². The van der Waals surface area contributed by atoms with Crippen LogP contribution in [0.15, 0.2) is 54.7 Å². The molecule has 1 heterocycles. The van der Waals surface area contributed by atoms with Gasteiger partial charge in [0.25, 0.3) is 0 Å². The number of aromatic nitrogens is 2. The van der Waals surface area contributed by atoms with Gasteiger partial charge in [-0.1, -0.05) is 31.0 Å². The summed E-state index contributed by atoms with van der Waals surface area (Å²) < 4.78 is 46.4. The number of para-hydroxylation sites is 1. The first-order valence-electron chi connectivity index (χ1n) is 10.7. The third-order valence-electron chi connectivity index (χ3n) is 5.52. The zero-order chi connectivity index (χ0) is 22.6. The Labute approximate surface area is 185 Å². The van der Waals surface area contributed by atoms with Crippen LogP contribution in [-0.2, 0) is 6.18 Å². The van der Waals surface area contributed by atoms with Crippen LogP contribution in [0, 0.1) is 0 Å². The first-order chi connectivity index (χ1) is 15.4. The molecule has 0 unspecified atom stereocenters. The molecule has 1 saturated carbocycles. The molecule has 4 rings (SSSR count). The van der Waals surface area contributed by atoms with Crippen molar-refractivity contribution in [1.29, 1.82) is 0 Å². The second kappa shape index (κ2) is 9.46. The fourth-order valence-corrected chi connectivity index (χ4v) is 4.01. The molecule has 1 aliphatic rings. The maximum absolute atomic E-state index is 13.7. The van der Waals surface area contributed by atoms with E-state index in [1.165, 1.54) is 0 Å². The second-order valence-corrected chi connectivity index (χ2v) is 7.73. The van der Waals surface area contributed by atoms with Crippen molar-refractivity contribution < 1.29 is 17.9 Å². The summed E-state index contributed by atoms with van der Waals surface area (Å²) in [6, 6.07) is 14.6. The lowest BCUT2D eigenvalue weighted by Gasteiger charge is -2.19. The van der Waals surface area contributed by atoms with E-state index in [0.29, 0.717) is 29.6 Å². The fourth-order valence-electron chi connectivity index (χ4n) is 4.01. The van der Waals surface area contributed by atoms with E-state index in [1.807, 2.05) is 25.1 Å². The van der Waals surface area contributed by atoms with Gasteiger partial charge >= 0.3 is 6.18 Å². The van der Waals surface area contributed by atoms with Crippen LogP contribution >= 0.6 is 0 Å². The Bertz CT molecular complexity index is 1050. The second-order valence-electron chi connectivity index (χ2n) is 7.73. The summed E-state index contributed by atoms with van der Waals surface area (Å²) in [5, 5.41) is 5.91. The molecule has 0 radical (unpaired) electrons. The Balaban J connectivity index is 1.63. The van der Waals surface area contributed by atoms with Crippen LogP contribution in [0.3, 0.4) is 0 Å². The number of benzene rings is 2. The molecule has 0 amide bonds. The van der Waals surface area contributed by atoms with Crippen molar-refractivity contribution in [1.82, 2.24) is 9.97 Å². The van der Waals surface area contributed by atoms with Crippen molar-refractivity contribution in [3.63, 3.8) is 0 Å². The number of nitrogens with one attached hydrogen (secondary N) is 2. The standard InChI is InChI=1S/C24H25F3N4O/c1-2-32-18-13-11-17(12-14-18)29-23-28-15-20(24(25,26)27)22(31-23)30-21-10-6-5-9-19(21)16-7-3-4-8-16/h5-6,9-16H,2-4,7-8H2,1H3,(H2,28,29,30,31). The fraction of sp³-hybridized carbons (Fsp3) is 0.333. The minimum atomic E-state index is -4.58. The Kier molecular flexibility index (Phi) is 6.48. The van der Waals surface area contributed by atoms with Gasteiger partial charge < -0.3 is 15.4 Å². The van der Waals surface area contributed by atoms with Crippen molar-refractivity contribution in [2.24, 2.45) is 0 Å². The van der Waals surface area contributed by atoms with Gasteiger partial charge in [-0.15, -0.1) is 0 Å². The summed E-state index contributed by atoms with van der Waals surface area (Å²) in [5.74, 6) is 0.850. The van der Waals surface area contributed by atoms with Crippen LogP contribution in [0.4, 0.5) is 36.3 Å². The lowest BCUT2D eigenvalue weighted by atomic mass is 9.96. The van der Waals surface area contributed by atoms with Gasteiger partial charge in [-0.25, -0.2) is 4.98 Å². The quantitative estimate of drug-likeness (QED) is 0.411. The minimum absolute atomic E-state index is 0.0722. The molecule has 8 heteroatoms. The van der Waals surface area contributed by atoms with Crippen LogP contribution in [0.25, 0.3) is 0 Å². The van der Waals surface area contributed by atoms with Gasteiger partial charge in [-0.3, -0.25) is 0 Å². The lowest BCUT2D eigenvalue weighted by molar-refractivity contribution is -0.137. The molecule has 32 heavy (non-hydrogen) atoms. The van der Waals surface area contributed by atoms with Crippen molar-refractivity contribution in [3.05, 3.63) is 65.9 Å². The average molecular weight is 442 g/mol. The van der Waals surface area contributed by atoms with Gasteiger partial charge in [-0.05, 0) is 61.6 Å². The number of nitrogens with zero attached hydrogens (tertiary/aromatic N) is 2. The molecule has 0 saturated heterocycles. The number of alkyl halides is 3. The molecule has 2 aromatic carbocycles. The Hall–Kier alpha value is -3.29. The Morgan fingerprint density at radius 2 is 1.72 bits per heavy atom. The van der Waals surface area contributed by atoms with Crippen LogP contribution in [0.5, 0.6) is 5.75 Å². The van der Waals surface area contributed by atoms with Crippen LogP contribution in [-0.4, -0.2) is 16.6 Å². The molecule has 1 fully saturated rings. The number of anilines is 4. The summed E-state index contributed by atoms with van der Waals surface area (Å²) in [6.07, 6.45) is 0.581. The van der Waals surface area contributed by atoms with E-state index in [1.54, 1.807) is 30.3 Å². The SMILES string of the molecule is CCOc1ccc(Nc2ncc(C(F)(F)F)c(Nc3ccccc3C3CCCC3)n2)cc1. The van der Waals surface area contributed by atoms with Gasteiger partial charge in [0.05, 0.1) is 6.61 Å². The highest BCUT2D eigenvalue weighted by atomic mass is 19.4. The van der Waals surface area contributed by atoms with Gasteiger partial charge in [-0.2, -0.15) is 18.2 Å². The molecule has 2 N–H and O–H groups in total. The van der Waals surface area contributed by atoms with Crippen LogP contribution in [0.1, 0.15) is 49.7 Å². The highest BCUT2D eigenvalue weighted by Crippen LogP contribution is 2.40. The first-order valence-corrected chi connectivity index (χ1v) is 10.7. The van der Waals surface area contributed by atoms with Gasteiger partial charge in [0.15, 0.2) is 0 Å². The largest absolute Gasteiger partial charge is 0.494 e. The monoisotopic (exact) mass is 442 g/mol. The molecular formula is C24H25F3N4O. The number of hydrogen-bond acceptors (Lipinski definition) is 5. The van der Waals surface area contributed by atoms with E-state index in [-0.39, 0.29) is 11.8 Å². The predicted molar refractivity (Wildman–Crippen MR) is 119 cm³/mol. The average Bonchev–Trinajstić information content (AvgIpc) is 3.30. The molecule has 0 aliphatic heterocycles. The van der Waals surface area contributed by atoms with E-state index in [2.05, 4.69) is 20.6 Å². The number of halogens is 3. The molecule has 3 aromatic rings. The van der Waals surface area contributed by atoms with Crippen LogP contribution in [0.2, 0.25) is 0 Å². The summed E-state index contributed by atoms with van der Waals surface area (Å²) in [7, 11) is 0. The minimum Gasteiger partial charge on any atom is -0.494 e. The molecule has 1 aliphatic carbocycles. The normalized spacial score (nSPS) is 14.4. The van der Waals surface area contributed by atoms with Gasteiger partial charge in [0.1, 0.15) is 17.1 Å². The molecular weight excluding hydrogens is 417 g/mol. The summed E-state index contributed by atoms with van der Waals surface area (Å²) >= 11 is 0. The maximum Gasteiger partial charge on any atom is 0.421 e. The zero-order valence-electron chi connectivity index (χ0n) is 17.7. The molecule has 1 aromatic heterocycles. The Morgan fingerprint density at radius 1 is 1.00 bits per heavy atom. The van der Waals surface area contributed by atoms with Crippen molar-refractivity contribution in [2.45, 2.75) is 44.7 Å². The van der Waals surface area contributed by atoms with E-state index in [0.717, 1.165) is 37.4 Å². The number of rotatable bonds is 7.